The Morgan fingerprint density at radius 2 is 2.10 bits per heavy atom. The summed E-state index contributed by atoms with van der Waals surface area (Å²) in [6.45, 7) is 2.57. The Balaban J connectivity index is 1.35. The molecule has 0 unspecified atom stereocenters. The van der Waals surface area contributed by atoms with E-state index >= 15 is 0 Å². The fraction of sp³-hybridized carbons (Fsp3) is 0.190. The van der Waals surface area contributed by atoms with Crippen molar-refractivity contribution in [2.24, 2.45) is 0 Å². The van der Waals surface area contributed by atoms with Gasteiger partial charge in [0.25, 0.3) is 11.5 Å². The number of carbonyl (C=O) groups is 1. The summed E-state index contributed by atoms with van der Waals surface area (Å²) in [6.07, 6.45) is 1.47. The Kier molecular flexibility index (Phi) is 4.21. The second kappa shape index (κ2) is 6.89. The van der Waals surface area contributed by atoms with Gasteiger partial charge in [0, 0.05) is 6.20 Å². The number of aryl methyl sites for hydroxylation is 1. The average molecular weight is 407 g/mol. The molecule has 1 aromatic carbocycles. The number of para-hydroxylation sites is 2. The van der Waals surface area contributed by atoms with Crippen molar-refractivity contribution in [3.05, 3.63) is 69.5 Å². The van der Waals surface area contributed by atoms with Crippen LogP contribution < -0.4 is 20.3 Å². The number of nitrogens with zero attached hydrogens (tertiary/aromatic N) is 2. The van der Waals surface area contributed by atoms with Gasteiger partial charge in [-0.15, -0.1) is 11.3 Å². The number of fused-ring (bicyclic) bond motifs is 3. The number of ether oxygens (including phenoxy) is 2. The molecule has 0 saturated carbocycles. The van der Waals surface area contributed by atoms with Gasteiger partial charge >= 0.3 is 0 Å². The summed E-state index contributed by atoms with van der Waals surface area (Å²) in [5, 5.41) is 3.30. The first-order valence-corrected chi connectivity index (χ1v) is 9.99. The number of hydrogen-bond acceptors (Lipinski definition) is 6. The standard InChI is InChI=1S/C21H17N3O4S/c1-12-6-7-18-23-20-14(21(26)24(18)10-12)8-17(29-20)19(25)22-9-13-11-27-15-4-2-3-5-16(15)28-13/h2-8,10,13H,9,11H2,1H3,(H,22,25)/t13-/m1/s1. The Morgan fingerprint density at radius 3 is 2.97 bits per heavy atom. The van der Waals surface area contributed by atoms with Crippen LogP contribution in [0.3, 0.4) is 0 Å². The largest absolute Gasteiger partial charge is 0.486 e. The van der Waals surface area contributed by atoms with Crippen LogP contribution in [-0.2, 0) is 0 Å². The highest BCUT2D eigenvalue weighted by molar-refractivity contribution is 7.20. The minimum absolute atomic E-state index is 0.176. The minimum atomic E-state index is -0.280. The van der Waals surface area contributed by atoms with Crippen LogP contribution in [0.1, 0.15) is 15.2 Å². The van der Waals surface area contributed by atoms with Crippen molar-refractivity contribution in [2.45, 2.75) is 13.0 Å². The number of pyridine rings is 1. The first kappa shape index (κ1) is 17.7. The van der Waals surface area contributed by atoms with Crippen LogP contribution in [0.4, 0.5) is 0 Å². The molecule has 1 N–H and O–H groups in total. The lowest BCUT2D eigenvalue weighted by molar-refractivity contribution is 0.0791. The van der Waals surface area contributed by atoms with Crippen molar-refractivity contribution >= 4 is 33.1 Å². The van der Waals surface area contributed by atoms with Crippen molar-refractivity contribution in [1.82, 2.24) is 14.7 Å². The zero-order valence-corrected chi connectivity index (χ0v) is 16.4. The van der Waals surface area contributed by atoms with E-state index in [0.717, 1.165) is 5.56 Å². The third-order valence-electron chi connectivity index (χ3n) is 4.73. The highest BCUT2D eigenvalue weighted by Gasteiger charge is 2.22. The van der Waals surface area contributed by atoms with Crippen molar-refractivity contribution in [3.8, 4) is 11.5 Å². The Morgan fingerprint density at radius 1 is 1.28 bits per heavy atom. The molecule has 1 aliphatic rings. The Labute approximate surface area is 169 Å². The topological polar surface area (TPSA) is 81.9 Å². The lowest BCUT2D eigenvalue weighted by Crippen LogP contribution is -2.40. The van der Waals surface area contributed by atoms with Crippen LogP contribution in [0.2, 0.25) is 0 Å². The summed E-state index contributed by atoms with van der Waals surface area (Å²) in [5.41, 5.74) is 1.35. The van der Waals surface area contributed by atoms with E-state index in [0.29, 0.717) is 45.4 Å². The van der Waals surface area contributed by atoms with E-state index < -0.39 is 0 Å². The van der Waals surface area contributed by atoms with Gasteiger partial charge < -0.3 is 14.8 Å². The molecule has 146 valence electrons. The van der Waals surface area contributed by atoms with Crippen molar-refractivity contribution in [1.29, 1.82) is 0 Å². The van der Waals surface area contributed by atoms with Gasteiger partial charge in [-0.3, -0.25) is 14.0 Å². The van der Waals surface area contributed by atoms with Crippen LogP contribution in [0.25, 0.3) is 15.9 Å². The predicted molar refractivity (Wildman–Crippen MR) is 110 cm³/mol. The molecule has 4 aromatic rings. The monoisotopic (exact) mass is 407 g/mol. The fourth-order valence-electron chi connectivity index (χ4n) is 3.27. The van der Waals surface area contributed by atoms with Crippen molar-refractivity contribution < 1.29 is 14.3 Å². The van der Waals surface area contributed by atoms with Gasteiger partial charge in [-0.2, -0.15) is 0 Å². The first-order valence-electron chi connectivity index (χ1n) is 9.18. The molecule has 4 heterocycles. The highest BCUT2D eigenvalue weighted by atomic mass is 32.1. The number of hydrogen-bond donors (Lipinski definition) is 1. The molecule has 0 fully saturated rings. The van der Waals surface area contributed by atoms with E-state index in [1.165, 1.54) is 15.7 Å². The van der Waals surface area contributed by atoms with Crippen LogP contribution in [0.5, 0.6) is 11.5 Å². The number of aromatic nitrogens is 2. The lowest BCUT2D eigenvalue weighted by Gasteiger charge is -2.26. The number of rotatable bonds is 3. The number of nitrogens with one attached hydrogen (secondary N) is 1. The molecule has 7 nitrogen and oxygen atoms in total. The maximum atomic E-state index is 12.8. The van der Waals surface area contributed by atoms with Crippen molar-refractivity contribution in [3.63, 3.8) is 0 Å². The van der Waals surface area contributed by atoms with E-state index in [1.807, 2.05) is 37.3 Å². The molecular formula is C21H17N3O4S. The van der Waals surface area contributed by atoms with Gasteiger partial charge in [0.05, 0.1) is 16.8 Å². The quantitative estimate of drug-likeness (QED) is 0.565. The number of amides is 1. The van der Waals surface area contributed by atoms with Gasteiger partial charge in [-0.25, -0.2) is 4.98 Å². The van der Waals surface area contributed by atoms with E-state index in [2.05, 4.69) is 10.3 Å². The fourth-order valence-corrected chi connectivity index (χ4v) is 4.22. The molecule has 29 heavy (non-hydrogen) atoms. The van der Waals surface area contributed by atoms with Crippen LogP contribution in [-0.4, -0.2) is 34.5 Å². The molecule has 5 rings (SSSR count). The van der Waals surface area contributed by atoms with E-state index in [1.54, 1.807) is 18.3 Å². The normalized spacial score (nSPS) is 15.6. The van der Waals surface area contributed by atoms with Crippen LogP contribution in [0, 0.1) is 6.92 Å². The maximum absolute atomic E-state index is 12.8. The molecule has 0 saturated heterocycles. The molecule has 0 radical (unpaired) electrons. The second-order valence-electron chi connectivity index (χ2n) is 6.89. The minimum Gasteiger partial charge on any atom is -0.486 e. The second-order valence-corrected chi connectivity index (χ2v) is 7.92. The van der Waals surface area contributed by atoms with Gasteiger partial charge in [0.2, 0.25) is 0 Å². The average Bonchev–Trinajstić information content (AvgIpc) is 3.17. The molecule has 1 atom stereocenters. The first-order chi connectivity index (χ1) is 14.1. The van der Waals surface area contributed by atoms with Gasteiger partial charge in [0.15, 0.2) is 11.5 Å². The predicted octanol–water partition coefficient (Wildman–Crippen LogP) is 2.79. The summed E-state index contributed by atoms with van der Waals surface area (Å²) >= 11 is 1.21. The molecule has 1 amide bonds. The van der Waals surface area contributed by atoms with Crippen LogP contribution >= 0.6 is 11.3 Å². The zero-order chi connectivity index (χ0) is 20.0. The molecular weight excluding hydrogens is 390 g/mol. The number of benzene rings is 1. The van der Waals surface area contributed by atoms with E-state index in [9.17, 15) is 9.59 Å². The molecule has 0 spiro atoms. The van der Waals surface area contributed by atoms with E-state index in [4.69, 9.17) is 9.47 Å². The Hall–Kier alpha value is -3.39. The maximum Gasteiger partial charge on any atom is 0.266 e. The van der Waals surface area contributed by atoms with E-state index in [-0.39, 0.29) is 17.6 Å². The van der Waals surface area contributed by atoms with Gasteiger partial charge in [-0.05, 0) is 36.8 Å². The summed E-state index contributed by atoms with van der Waals surface area (Å²) in [7, 11) is 0. The molecule has 0 aliphatic carbocycles. The Bertz CT molecular complexity index is 1310. The smallest absolute Gasteiger partial charge is 0.266 e. The molecule has 3 aromatic heterocycles. The summed E-state index contributed by atoms with van der Waals surface area (Å²) in [6, 6.07) is 12.7. The highest BCUT2D eigenvalue weighted by Crippen LogP contribution is 2.30. The molecule has 1 aliphatic heterocycles. The zero-order valence-electron chi connectivity index (χ0n) is 15.5. The summed E-state index contributed by atoms with van der Waals surface area (Å²) in [5.74, 6) is 1.10. The number of carbonyl (C=O) groups excluding carboxylic acids is 1. The lowest BCUT2D eigenvalue weighted by atomic mass is 10.2. The molecule has 8 heteroatoms. The SMILES string of the molecule is Cc1ccc2nc3sc(C(=O)NC[C@@H]4COc5ccccc5O4)cc3c(=O)n2c1. The van der Waals surface area contributed by atoms with Gasteiger partial charge in [0.1, 0.15) is 23.2 Å². The third-order valence-corrected chi connectivity index (χ3v) is 5.76. The third kappa shape index (κ3) is 3.21. The number of thiophene rings is 1. The van der Waals surface area contributed by atoms with Gasteiger partial charge in [-0.1, -0.05) is 18.2 Å². The summed E-state index contributed by atoms with van der Waals surface area (Å²) in [4.78, 5) is 30.9. The van der Waals surface area contributed by atoms with Crippen LogP contribution in [0.15, 0.2) is 53.5 Å². The molecule has 0 bridgehead atoms. The van der Waals surface area contributed by atoms with Crippen molar-refractivity contribution in [2.75, 3.05) is 13.2 Å². The summed E-state index contributed by atoms with van der Waals surface area (Å²) < 4.78 is 13.0.